The quantitative estimate of drug-likeness (QED) is 0.617. The molecule has 1 aliphatic rings. The molecular weight excluding hydrogens is 178 g/mol. The Kier molecular flexibility index (Phi) is 3.09. The lowest BCUT2D eigenvalue weighted by Gasteiger charge is -2.30. The Morgan fingerprint density at radius 2 is 1.92 bits per heavy atom. The molecule has 72 valence electrons. The third kappa shape index (κ3) is 2.43. The zero-order valence-electron chi connectivity index (χ0n) is 7.23. The highest BCUT2D eigenvalue weighted by atomic mass is 32.2. The van der Waals surface area contributed by atoms with Gasteiger partial charge in [0.1, 0.15) is 0 Å². The maximum atomic E-state index is 11.0. The molecule has 5 heteroatoms. The number of aliphatic hydroxyl groups excluding tert-OH is 1. The van der Waals surface area contributed by atoms with Gasteiger partial charge in [-0.2, -0.15) is 0 Å². The fourth-order valence-electron chi connectivity index (χ4n) is 1.28. The van der Waals surface area contributed by atoms with Crippen LogP contribution in [0.15, 0.2) is 0 Å². The van der Waals surface area contributed by atoms with E-state index in [2.05, 4.69) is 0 Å². The van der Waals surface area contributed by atoms with Crippen molar-refractivity contribution in [3.63, 3.8) is 0 Å². The third-order valence-electron chi connectivity index (χ3n) is 2.27. The minimum absolute atomic E-state index is 0.0838. The van der Waals surface area contributed by atoms with Crippen molar-refractivity contribution in [1.29, 1.82) is 0 Å². The fraction of sp³-hybridized carbons (Fsp3) is 1.00. The van der Waals surface area contributed by atoms with E-state index in [1.165, 1.54) is 0 Å². The van der Waals surface area contributed by atoms with Crippen LogP contribution in [0.1, 0.15) is 6.92 Å². The first-order valence-corrected chi connectivity index (χ1v) is 5.92. The molecule has 0 saturated carbocycles. The van der Waals surface area contributed by atoms with E-state index in [4.69, 9.17) is 5.11 Å². The molecule has 0 bridgehead atoms. The number of hydrogen-bond donors (Lipinski definition) is 1. The standard InChI is InChI=1S/C7H15NO3S/c1-7(6-9)8-2-4-12(10,11)5-3-8/h7,9H,2-6H2,1H3/t7-/m1/s1. The molecule has 1 N–H and O–H groups in total. The highest BCUT2D eigenvalue weighted by Crippen LogP contribution is 2.06. The highest BCUT2D eigenvalue weighted by Gasteiger charge is 2.24. The smallest absolute Gasteiger partial charge is 0.152 e. The molecule has 12 heavy (non-hydrogen) atoms. The van der Waals surface area contributed by atoms with Gasteiger partial charge < -0.3 is 5.11 Å². The van der Waals surface area contributed by atoms with Crippen molar-refractivity contribution in [2.75, 3.05) is 31.2 Å². The van der Waals surface area contributed by atoms with Gasteiger partial charge in [0.25, 0.3) is 0 Å². The first kappa shape index (κ1) is 9.95. The van der Waals surface area contributed by atoms with Gasteiger partial charge in [0.05, 0.1) is 18.1 Å². The zero-order valence-corrected chi connectivity index (χ0v) is 8.05. The van der Waals surface area contributed by atoms with Crippen LogP contribution in [0.2, 0.25) is 0 Å². The number of hydrogen-bond acceptors (Lipinski definition) is 4. The van der Waals surface area contributed by atoms with E-state index >= 15 is 0 Å². The molecule has 0 aromatic rings. The van der Waals surface area contributed by atoms with Crippen molar-refractivity contribution in [2.45, 2.75) is 13.0 Å². The molecule has 0 radical (unpaired) electrons. The van der Waals surface area contributed by atoms with Crippen molar-refractivity contribution in [3.8, 4) is 0 Å². The topological polar surface area (TPSA) is 57.6 Å². The molecule has 0 aromatic carbocycles. The minimum Gasteiger partial charge on any atom is -0.395 e. The van der Waals surface area contributed by atoms with Gasteiger partial charge in [-0.15, -0.1) is 0 Å². The Hall–Kier alpha value is -0.130. The van der Waals surface area contributed by atoms with Crippen LogP contribution in [-0.4, -0.2) is 55.7 Å². The highest BCUT2D eigenvalue weighted by molar-refractivity contribution is 7.91. The lowest BCUT2D eigenvalue weighted by Crippen LogP contribution is -2.46. The average molecular weight is 193 g/mol. The maximum absolute atomic E-state index is 11.0. The summed E-state index contributed by atoms with van der Waals surface area (Å²) in [6.45, 7) is 3.12. The second-order valence-corrected chi connectivity index (χ2v) is 5.52. The lowest BCUT2D eigenvalue weighted by molar-refractivity contribution is 0.143. The van der Waals surface area contributed by atoms with Crippen LogP contribution >= 0.6 is 0 Å². The molecule has 1 heterocycles. The van der Waals surface area contributed by atoms with E-state index in [1.54, 1.807) is 0 Å². The van der Waals surface area contributed by atoms with Crippen LogP contribution < -0.4 is 0 Å². The Morgan fingerprint density at radius 1 is 1.42 bits per heavy atom. The van der Waals surface area contributed by atoms with Gasteiger partial charge in [0.2, 0.25) is 0 Å². The summed E-state index contributed by atoms with van der Waals surface area (Å²) in [5, 5.41) is 8.83. The summed E-state index contributed by atoms with van der Waals surface area (Å²) in [6, 6.07) is 0.0838. The first-order chi connectivity index (χ1) is 5.55. The van der Waals surface area contributed by atoms with Gasteiger partial charge in [-0.05, 0) is 6.92 Å². The van der Waals surface area contributed by atoms with Crippen LogP contribution in [0.5, 0.6) is 0 Å². The second kappa shape index (κ2) is 3.72. The average Bonchev–Trinajstić information content (AvgIpc) is 2.03. The third-order valence-corrected chi connectivity index (χ3v) is 3.88. The Balaban J connectivity index is 2.46. The van der Waals surface area contributed by atoms with Crippen molar-refractivity contribution < 1.29 is 13.5 Å². The number of aliphatic hydroxyl groups is 1. The monoisotopic (exact) mass is 193 g/mol. The SMILES string of the molecule is C[C@H](CO)N1CCS(=O)(=O)CC1. The molecule has 1 aliphatic heterocycles. The summed E-state index contributed by atoms with van der Waals surface area (Å²) in [5.41, 5.74) is 0. The molecule has 0 amide bonds. The van der Waals surface area contributed by atoms with E-state index in [9.17, 15) is 8.42 Å². The fourth-order valence-corrected chi connectivity index (χ4v) is 2.51. The minimum atomic E-state index is -2.78. The van der Waals surface area contributed by atoms with Crippen LogP contribution in [0.3, 0.4) is 0 Å². The molecule has 1 saturated heterocycles. The molecule has 4 nitrogen and oxygen atoms in total. The summed E-state index contributed by atoms with van der Waals surface area (Å²) in [7, 11) is -2.78. The predicted octanol–water partition coefficient (Wildman–Crippen LogP) is -0.902. The molecule has 0 aromatic heterocycles. The van der Waals surface area contributed by atoms with Crippen LogP contribution in [0, 0.1) is 0 Å². The molecule has 1 fully saturated rings. The van der Waals surface area contributed by atoms with Gasteiger partial charge >= 0.3 is 0 Å². The van der Waals surface area contributed by atoms with Gasteiger partial charge in [0, 0.05) is 19.1 Å². The molecule has 0 aliphatic carbocycles. The largest absolute Gasteiger partial charge is 0.395 e. The van der Waals surface area contributed by atoms with E-state index in [0.717, 1.165) is 0 Å². The van der Waals surface area contributed by atoms with E-state index in [-0.39, 0.29) is 24.2 Å². The van der Waals surface area contributed by atoms with Crippen molar-refractivity contribution in [3.05, 3.63) is 0 Å². The Bertz CT molecular complexity index is 223. The number of nitrogens with zero attached hydrogens (tertiary/aromatic N) is 1. The van der Waals surface area contributed by atoms with Gasteiger partial charge in [0.15, 0.2) is 9.84 Å². The molecule has 0 spiro atoms. The Labute approximate surface area is 73.1 Å². The number of sulfone groups is 1. The van der Waals surface area contributed by atoms with Crippen molar-refractivity contribution in [1.82, 2.24) is 4.90 Å². The zero-order chi connectivity index (χ0) is 9.19. The maximum Gasteiger partial charge on any atom is 0.152 e. The van der Waals surface area contributed by atoms with E-state index < -0.39 is 9.84 Å². The predicted molar refractivity (Wildman–Crippen MR) is 46.8 cm³/mol. The van der Waals surface area contributed by atoms with Crippen molar-refractivity contribution >= 4 is 9.84 Å². The van der Waals surface area contributed by atoms with Gasteiger partial charge in [-0.3, -0.25) is 4.90 Å². The second-order valence-electron chi connectivity index (χ2n) is 3.22. The Morgan fingerprint density at radius 3 is 2.33 bits per heavy atom. The van der Waals surface area contributed by atoms with Crippen LogP contribution in [0.4, 0.5) is 0 Å². The van der Waals surface area contributed by atoms with Crippen LogP contribution in [0.25, 0.3) is 0 Å². The van der Waals surface area contributed by atoms with Crippen LogP contribution in [-0.2, 0) is 9.84 Å². The van der Waals surface area contributed by atoms with E-state index in [0.29, 0.717) is 13.1 Å². The normalized spacial score (nSPS) is 26.8. The summed E-state index contributed by atoms with van der Waals surface area (Å²) < 4.78 is 22.0. The molecule has 1 atom stereocenters. The van der Waals surface area contributed by atoms with Crippen molar-refractivity contribution in [2.24, 2.45) is 0 Å². The summed E-state index contributed by atoms with van der Waals surface area (Å²) in [4.78, 5) is 2.00. The summed E-state index contributed by atoms with van der Waals surface area (Å²) in [5.74, 6) is 0.467. The van der Waals surface area contributed by atoms with Gasteiger partial charge in [-0.25, -0.2) is 8.42 Å². The number of rotatable bonds is 2. The first-order valence-electron chi connectivity index (χ1n) is 4.10. The summed E-state index contributed by atoms with van der Waals surface area (Å²) >= 11 is 0. The lowest BCUT2D eigenvalue weighted by atomic mass is 10.3. The molecule has 1 rings (SSSR count). The molecule has 0 unspecified atom stereocenters. The van der Waals surface area contributed by atoms with E-state index in [1.807, 2.05) is 11.8 Å². The molecular formula is C7H15NO3S. The van der Waals surface area contributed by atoms with Gasteiger partial charge in [-0.1, -0.05) is 0 Å². The summed E-state index contributed by atoms with van der Waals surface area (Å²) in [6.07, 6.45) is 0.